The van der Waals surface area contributed by atoms with Crippen LogP contribution >= 0.6 is 0 Å². The molecule has 0 unspecified atom stereocenters. The van der Waals surface area contributed by atoms with Gasteiger partial charge in [-0.25, -0.2) is 9.18 Å². The highest BCUT2D eigenvalue weighted by molar-refractivity contribution is 5.90. The van der Waals surface area contributed by atoms with E-state index in [0.717, 1.165) is 11.3 Å². The number of cyclic esters (lactones) is 1. The third kappa shape index (κ3) is 5.37. The molecule has 1 amide bonds. The fourth-order valence-corrected chi connectivity index (χ4v) is 3.73. The van der Waals surface area contributed by atoms with E-state index in [0.29, 0.717) is 50.8 Å². The minimum absolute atomic E-state index is 0.124. The van der Waals surface area contributed by atoms with Crippen molar-refractivity contribution in [3.05, 3.63) is 53.8 Å². The Bertz CT molecular complexity index is 958. The predicted octanol–water partition coefficient (Wildman–Crippen LogP) is 3.89. The Morgan fingerprint density at radius 3 is 2.62 bits per heavy atom. The molecule has 7 nitrogen and oxygen atoms in total. The molecule has 0 radical (unpaired) electrons. The first-order valence-electron chi connectivity index (χ1n) is 10.9. The lowest BCUT2D eigenvalue weighted by atomic mass is 10.2. The summed E-state index contributed by atoms with van der Waals surface area (Å²) in [7, 11) is 0. The van der Waals surface area contributed by atoms with Gasteiger partial charge in [-0.2, -0.15) is 0 Å². The second-order valence-corrected chi connectivity index (χ2v) is 8.08. The van der Waals surface area contributed by atoms with Crippen molar-refractivity contribution in [3.8, 4) is 5.75 Å². The van der Waals surface area contributed by atoms with Gasteiger partial charge in [0.15, 0.2) is 0 Å². The van der Waals surface area contributed by atoms with Gasteiger partial charge in [-0.3, -0.25) is 9.89 Å². The molecule has 2 fully saturated rings. The molecule has 0 N–H and O–H groups in total. The number of rotatable bonds is 7. The number of hydrogen-bond acceptors (Lipinski definition) is 6. The fourth-order valence-electron chi connectivity index (χ4n) is 3.73. The maximum atomic E-state index is 14.7. The zero-order valence-corrected chi connectivity index (χ0v) is 18.4. The van der Waals surface area contributed by atoms with Crippen molar-refractivity contribution in [2.45, 2.75) is 26.1 Å². The summed E-state index contributed by atoms with van der Waals surface area (Å²) in [6.45, 7) is 7.08. The molecule has 0 bridgehead atoms. The van der Waals surface area contributed by atoms with E-state index < -0.39 is 6.09 Å². The number of hydrogen-bond donors (Lipinski definition) is 0. The molecule has 2 heterocycles. The number of anilines is 2. The highest BCUT2D eigenvalue weighted by atomic mass is 19.1. The first-order valence-corrected chi connectivity index (χ1v) is 10.9. The number of halogens is 1. The molecule has 8 heteroatoms. The van der Waals surface area contributed by atoms with E-state index in [1.807, 2.05) is 43.0 Å². The van der Waals surface area contributed by atoms with Crippen LogP contribution in [0.1, 0.15) is 19.4 Å². The molecule has 2 aromatic rings. The maximum absolute atomic E-state index is 14.7. The second-order valence-electron chi connectivity index (χ2n) is 8.08. The minimum Gasteiger partial charge on any atom is -0.491 e. The highest BCUT2D eigenvalue weighted by Gasteiger charge is 2.32. The van der Waals surface area contributed by atoms with Gasteiger partial charge in [-0.1, -0.05) is 0 Å². The van der Waals surface area contributed by atoms with Crippen LogP contribution in [0, 0.1) is 5.82 Å². The topological polar surface area (TPSA) is 63.6 Å². The van der Waals surface area contributed by atoms with Crippen LogP contribution in [0.2, 0.25) is 0 Å². The molecule has 2 aliphatic rings. The van der Waals surface area contributed by atoms with Crippen molar-refractivity contribution in [1.29, 1.82) is 0 Å². The Morgan fingerprint density at radius 1 is 1.19 bits per heavy atom. The zero-order valence-electron chi connectivity index (χ0n) is 18.4. The van der Waals surface area contributed by atoms with Crippen molar-refractivity contribution in [2.75, 3.05) is 49.2 Å². The number of nitrogens with zero attached hydrogens (tertiary/aromatic N) is 3. The number of aliphatic imine (C=N–C) groups is 1. The van der Waals surface area contributed by atoms with E-state index in [4.69, 9.17) is 14.2 Å². The van der Waals surface area contributed by atoms with E-state index in [9.17, 15) is 9.18 Å². The molecule has 170 valence electrons. The smallest absolute Gasteiger partial charge is 0.414 e. The largest absolute Gasteiger partial charge is 0.491 e. The number of benzene rings is 2. The summed E-state index contributed by atoms with van der Waals surface area (Å²) in [5, 5.41) is 0. The number of carbonyl (C=O) groups is 1. The van der Waals surface area contributed by atoms with Gasteiger partial charge in [0.2, 0.25) is 0 Å². The summed E-state index contributed by atoms with van der Waals surface area (Å²) in [5.74, 6) is 0.452. The van der Waals surface area contributed by atoms with E-state index in [-0.39, 0.29) is 18.0 Å². The van der Waals surface area contributed by atoms with Crippen molar-refractivity contribution in [2.24, 2.45) is 4.99 Å². The van der Waals surface area contributed by atoms with Crippen LogP contribution in [0.3, 0.4) is 0 Å². The predicted molar refractivity (Wildman–Crippen MR) is 122 cm³/mol. The zero-order chi connectivity index (χ0) is 22.5. The monoisotopic (exact) mass is 441 g/mol. The van der Waals surface area contributed by atoms with Gasteiger partial charge < -0.3 is 19.1 Å². The first-order chi connectivity index (χ1) is 15.5. The standard InChI is InChI=1S/C24H28FN3O4/c1-17(2)31-20-6-3-18(4-7-20)14-26-15-21-16-28(24(29)32-21)19-5-8-23(22(25)13-19)27-9-11-30-12-10-27/h3-8,13-14,17,21H,9-12,15-16H2,1-2H3/t21-/m0/s1. The third-order valence-electron chi connectivity index (χ3n) is 5.27. The van der Waals surface area contributed by atoms with Crippen molar-refractivity contribution >= 4 is 23.7 Å². The lowest BCUT2D eigenvalue weighted by molar-refractivity contribution is 0.122. The average molecular weight is 442 g/mol. The van der Waals surface area contributed by atoms with Gasteiger partial charge in [0.25, 0.3) is 0 Å². The average Bonchev–Trinajstić information content (AvgIpc) is 3.15. The molecular formula is C24H28FN3O4. The Hall–Kier alpha value is -3.13. The molecule has 0 aromatic heterocycles. The number of morpholine rings is 1. The second kappa shape index (κ2) is 9.99. The summed E-state index contributed by atoms with van der Waals surface area (Å²) < 4.78 is 31.1. The molecule has 1 atom stereocenters. The van der Waals surface area contributed by atoms with Crippen LogP contribution in [0.5, 0.6) is 5.75 Å². The lowest BCUT2D eigenvalue weighted by Gasteiger charge is -2.29. The van der Waals surface area contributed by atoms with Crippen molar-refractivity contribution < 1.29 is 23.4 Å². The maximum Gasteiger partial charge on any atom is 0.414 e. The van der Waals surface area contributed by atoms with Crippen LogP contribution in [0.25, 0.3) is 0 Å². The van der Waals surface area contributed by atoms with E-state index >= 15 is 0 Å². The summed E-state index contributed by atoms with van der Waals surface area (Å²) in [6, 6.07) is 12.5. The van der Waals surface area contributed by atoms with E-state index in [1.165, 1.54) is 11.0 Å². The van der Waals surface area contributed by atoms with Gasteiger partial charge in [-0.15, -0.1) is 0 Å². The third-order valence-corrected chi connectivity index (χ3v) is 5.27. The lowest BCUT2D eigenvalue weighted by Crippen LogP contribution is -2.36. The molecule has 2 saturated heterocycles. The number of amides is 1. The first kappa shape index (κ1) is 22.1. The quantitative estimate of drug-likeness (QED) is 0.610. The molecule has 2 aromatic carbocycles. The summed E-state index contributed by atoms with van der Waals surface area (Å²) in [4.78, 5) is 20.1. The normalized spacial score (nSPS) is 19.1. The van der Waals surface area contributed by atoms with Crippen LogP contribution in [0.4, 0.5) is 20.6 Å². The van der Waals surface area contributed by atoms with E-state index in [1.54, 1.807) is 18.3 Å². The SMILES string of the molecule is CC(C)Oc1ccc(C=NC[C@H]2CN(c3ccc(N4CCOCC4)c(F)c3)C(=O)O2)cc1. The summed E-state index contributed by atoms with van der Waals surface area (Å²) in [5.41, 5.74) is 1.94. The van der Waals surface area contributed by atoms with Gasteiger partial charge in [0, 0.05) is 19.3 Å². The van der Waals surface area contributed by atoms with Crippen molar-refractivity contribution in [3.63, 3.8) is 0 Å². The van der Waals surface area contributed by atoms with Crippen LogP contribution in [-0.4, -0.2) is 63.9 Å². The van der Waals surface area contributed by atoms with Gasteiger partial charge in [0.05, 0.1) is 43.8 Å². The fraction of sp³-hybridized carbons (Fsp3) is 0.417. The molecule has 4 rings (SSSR count). The molecular weight excluding hydrogens is 413 g/mol. The Balaban J connectivity index is 1.34. The number of ether oxygens (including phenoxy) is 3. The molecule has 32 heavy (non-hydrogen) atoms. The molecule has 0 spiro atoms. The van der Waals surface area contributed by atoms with Gasteiger partial charge >= 0.3 is 6.09 Å². The minimum atomic E-state index is -0.487. The van der Waals surface area contributed by atoms with Crippen LogP contribution < -0.4 is 14.5 Å². The molecule has 2 aliphatic heterocycles. The Labute approximate surface area is 187 Å². The summed E-state index contributed by atoms with van der Waals surface area (Å²) >= 11 is 0. The number of carbonyl (C=O) groups excluding carboxylic acids is 1. The van der Waals surface area contributed by atoms with Gasteiger partial charge in [0.1, 0.15) is 17.7 Å². The molecule has 0 saturated carbocycles. The van der Waals surface area contributed by atoms with Gasteiger partial charge in [-0.05, 0) is 61.9 Å². The van der Waals surface area contributed by atoms with Crippen LogP contribution in [0.15, 0.2) is 47.5 Å². The Kier molecular flexibility index (Phi) is 6.90. The summed E-state index contributed by atoms with van der Waals surface area (Å²) in [6.07, 6.45) is 0.994. The molecule has 0 aliphatic carbocycles. The van der Waals surface area contributed by atoms with Crippen molar-refractivity contribution in [1.82, 2.24) is 0 Å². The van der Waals surface area contributed by atoms with E-state index in [2.05, 4.69) is 4.99 Å². The van der Waals surface area contributed by atoms with Crippen LogP contribution in [-0.2, 0) is 9.47 Å². The Morgan fingerprint density at radius 2 is 1.94 bits per heavy atom. The highest BCUT2D eigenvalue weighted by Crippen LogP contribution is 2.28.